The number of benzene rings is 1. The van der Waals surface area contributed by atoms with E-state index in [0.717, 1.165) is 24.8 Å². The number of aryl methyl sites for hydroxylation is 1. The lowest BCUT2D eigenvalue weighted by Crippen LogP contribution is -2.33. The van der Waals surface area contributed by atoms with Crippen molar-refractivity contribution in [3.05, 3.63) is 35.1 Å². The Morgan fingerprint density at radius 3 is 2.72 bits per heavy atom. The molecular weight excluding hydrogens is 227 g/mol. The second kappa shape index (κ2) is 5.00. The van der Waals surface area contributed by atoms with E-state index in [1.807, 2.05) is 6.92 Å². The molecule has 0 radical (unpaired) electrons. The highest BCUT2D eigenvalue weighted by atomic mass is 19.1. The van der Waals surface area contributed by atoms with Gasteiger partial charge in [0.2, 0.25) is 0 Å². The monoisotopic (exact) mass is 250 g/mol. The summed E-state index contributed by atoms with van der Waals surface area (Å²) in [6.07, 6.45) is 3.77. The topological polar surface area (TPSA) is 20.2 Å². The molecular formula is C16H23FO. The van der Waals surface area contributed by atoms with Gasteiger partial charge >= 0.3 is 0 Å². The highest BCUT2D eigenvalue weighted by molar-refractivity contribution is 5.26. The Balaban J connectivity index is 2.29. The number of rotatable bonds is 2. The van der Waals surface area contributed by atoms with Crippen LogP contribution in [0.5, 0.6) is 0 Å². The summed E-state index contributed by atoms with van der Waals surface area (Å²) in [4.78, 5) is 0. The third-order valence-corrected chi connectivity index (χ3v) is 4.44. The van der Waals surface area contributed by atoms with Gasteiger partial charge in [-0.1, -0.05) is 44.4 Å². The van der Waals surface area contributed by atoms with Crippen molar-refractivity contribution in [2.45, 2.75) is 52.6 Å². The Labute approximate surface area is 109 Å². The maximum atomic E-state index is 13.9. The molecule has 18 heavy (non-hydrogen) atoms. The highest BCUT2D eigenvalue weighted by Gasteiger charge is 2.38. The Hall–Kier alpha value is -0.890. The van der Waals surface area contributed by atoms with E-state index in [2.05, 4.69) is 13.8 Å². The van der Waals surface area contributed by atoms with Crippen LogP contribution in [0.3, 0.4) is 0 Å². The fraction of sp³-hybridized carbons (Fsp3) is 0.625. The van der Waals surface area contributed by atoms with Crippen LogP contribution in [0, 0.1) is 24.1 Å². The second-order valence-corrected chi connectivity index (χ2v) is 6.31. The van der Waals surface area contributed by atoms with Crippen molar-refractivity contribution in [3.8, 4) is 0 Å². The standard InChI is InChI=1S/C16H23FO/c1-11-7-8-14(17)12(10-11)15(18)13-6-4-5-9-16(13,2)3/h7-8,10,13,15,18H,4-6,9H2,1-3H3. The molecule has 1 aliphatic rings. The summed E-state index contributed by atoms with van der Waals surface area (Å²) in [5.74, 6) is -0.128. The third-order valence-electron chi connectivity index (χ3n) is 4.44. The van der Waals surface area contributed by atoms with Crippen molar-refractivity contribution < 1.29 is 9.50 Å². The summed E-state index contributed by atoms with van der Waals surface area (Å²) in [6.45, 7) is 6.31. The molecule has 0 saturated heterocycles. The SMILES string of the molecule is Cc1ccc(F)c(C(O)C2CCCCC2(C)C)c1. The summed E-state index contributed by atoms with van der Waals surface area (Å²) in [7, 11) is 0. The smallest absolute Gasteiger partial charge is 0.129 e. The van der Waals surface area contributed by atoms with Gasteiger partial charge in [-0.25, -0.2) is 4.39 Å². The highest BCUT2D eigenvalue weighted by Crippen LogP contribution is 2.47. The van der Waals surface area contributed by atoms with Crippen LogP contribution in [0.25, 0.3) is 0 Å². The number of aliphatic hydroxyl groups excluding tert-OH is 1. The lowest BCUT2D eigenvalue weighted by molar-refractivity contribution is 0.00197. The molecule has 0 spiro atoms. The summed E-state index contributed by atoms with van der Waals surface area (Å²) < 4.78 is 13.9. The quantitative estimate of drug-likeness (QED) is 0.825. The van der Waals surface area contributed by atoms with E-state index >= 15 is 0 Å². The fourth-order valence-corrected chi connectivity index (χ4v) is 3.21. The van der Waals surface area contributed by atoms with Crippen molar-refractivity contribution in [2.75, 3.05) is 0 Å². The molecule has 1 nitrogen and oxygen atoms in total. The van der Waals surface area contributed by atoms with Crippen LogP contribution >= 0.6 is 0 Å². The van der Waals surface area contributed by atoms with Gasteiger partial charge in [0.25, 0.3) is 0 Å². The van der Waals surface area contributed by atoms with Crippen molar-refractivity contribution in [2.24, 2.45) is 11.3 Å². The van der Waals surface area contributed by atoms with Gasteiger partial charge in [0.05, 0.1) is 6.10 Å². The maximum Gasteiger partial charge on any atom is 0.129 e. The zero-order valence-corrected chi connectivity index (χ0v) is 11.5. The zero-order valence-electron chi connectivity index (χ0n) is 11.5. The number of hydrogen-bond donors (Lipinski definition) is 1. The van der Waals surface area contributed by atoms with Gasteiger partial charge in [0, 0.05) is 5.56 Å². The van der Waals surface area contributed by atoms with Crippen molar-refractivity contribution in [1.82, 2.24) is 0 Å². The van der Waals surface area contributed by atoms with E-state index in [1.54, 1.807) is 12.1 Å². The molecule has 1 aromatic rings. The average Bonchev–Trinajstić information content (AvgIpc) is 2.31. The molecule has 0 aromatic heterocycles. The van der Waals surface area contributed by atoms with E-state index in [1.165, 1.54) is 12.5 Å². The van der Waals surface area contributed by atoms with Crippen LogP contribution in [-0.2, 0) is 0 Å². The van der Waals surface area contributed by atoms with Gasteiger partial charge in [-0.05, 0) is 37.2 Å². The Morgan fingerprint density at radius 1 is 1.33 bits per heavy atom. The number of aliphatic hydroxyl groups is 1. The number of halogens is 1. The van der Waals surface area contributed by atoms with Gasteiger partial charge in [0.15, 0.2) is 0 Å². The summed E-state index contributed by atoms with van der Waals surface area (Å²) in [6, 6.07) is 4.99. The Kier molecular flexibility index (Phi) is 3.76. The van der Waals surface area contributed by atoms with Gasteiger partial charge in [0.1, 0.15) is 5.82 Å². The molecule has 1 N–H and O–H groups in total. The maximum absolute atomic E-state index is 13.9. The lowest BCUT2D eigenvalue weighted by atomic mass is 9.65. The molecule has 2 atom stereocenters. The van der Waals surface area contributed by atoms with Crippen LogP contribution in [0.4, 0.5) is 4.39 Å². The van der Waals surface area contributed by atoms with E-state index < -0.39 is 6.10 Å². The predicted molar refractivity (Wildman–Crippen MR) is 71.8 cm³/mol. The van der Waals surface area contributed by atoms with Crippen LogP contribution < -0.4 is 0 Å². The minimum atomic E-state index is -0.680. The van der Waals surface area contributed by atoms with Crippen LogP contribution in [0.2, 0.25) is 0 Å². The first-order chi connectivity index (χ1) is 8.42. The fourth-order valence-electron chi connectivity index (χ4n) is 3.21. The summed E-state index contributed by atoms with van der Waals surface area (Å²) in [5.41, 5.74) is 1.56. The van der Waals surface area contributed by atoms with E-state index in [4.69, 9.17) is 0 Å². The molecule has 100 valence electrons. The normalized spacial score (nSPS) is 24.8. The molecule has 1 fully saturated rings. The molecule has 0 aliphatic heterocycles. The molecule has 1 aromatic carbocycles. The molecule has 0 bridgehead atoms. The first-order valence-corrected chi connectivity index (χ1v) is 6.86. The van der Waals surface area contributed by atoms with E-state index in [0.29, 0.717) is 5.56 Å². The molecule has 0 amide bonds. The van der Waals surface area contributed by atoms with Gasteiger partial charge in [-0.15, -0.1) is 0 Å². The van der Waals surface area contributed by atoms with Crippen molar-refractivity contribution in [3.63, 3.8) is 0 Å². The lowest BCUT2D eigenvalue weighted by Gasteiger charge is -2.41. The first-order valence-electron chi connectivity index (χ1n) is 6.86. The molecule has 2 rings (SSSR count). The third kappa shape index (κ3) is 2.59. The summed E-state index contributed by atoms with van der Waals surface area (Å²) >= 11 is 0. The Morgan fingerprint density at radius 2 is 2.06 bits per heavy atom. The van der Waals surface area contributed by atoms with Gasteiger partial charge in [-0.3, -0.25) is 0 Å². The van der Waals surface area contributed by atoms with E-state index in [-0.39, 0.29) is 17.2 Å². The largest absolute Gasteiger partial charge is 0.388 e. The van der Waals surface area contributed by atoms with Crippen LogP contribution in [0.1, 0.15) is 56.8 Å². The predicted octanol–water partition coefficient (Wildman–Crippen LogP) is 4.38. The van der Waals surface area contributed by atoms with Gasteiger partial charge in [-0.2, -0.15) is 0 Å². The van der Waals surface area contributed by atoms with Crippen molar-refractivity contribution >= 4 is 0 Å². The van der Waals surface area contributed by atoms with E-state index in [9.17, 15) is 9.50 Å². The number of hydrogen-bond acceptors (Lipinski definition) is 1. The first kappa shape index (κ1) is 13.5. The Bertz CT molecular complexity index is 425. The van der Waals surface area contributed by atoms with Crippen LogP contribution in [-0.4, -0.2) is 5.11 Å². The molecule has 2 heteroatoms. The molecule has 0 heterocycles. The molecule has 1 aliphatic carbocycles. The molecule has 1 saturated carbocycles. The zero-order chi connectivity index (χ0) is 13.3. The minimum Gasteiger partial charge on any atom is -0.388 e. The average molecular weight is 250 g/mol. The second-order valence-electron chi connectivity index (χ2n) is 6.31. The van der Waals surface area contributed by atoms with Crippen LogP contribution in [0.15, 0.2) is 18.2 Å². The minimum absolute atomic E-state index is 0.0911. The van der Waals surface area contributed by atoms with Crippen molar-refractivity contribution in [1.29, 1.82) is 0 Å². The summed E-state index contributed by atoms with van der Waals surface area (Å²) in [5, 5.41) is 10.5. The van der Waals surface area contributed by atoms with Gasteiger partial charge < -0.3 is 5.11 Å². The molecule has 2 unspecified atom stereocenters.